The highest BCUT2D eigenvalue weighted by Crippen LogP contribution is 2.17. The van der Waals surface area contributed by atoms with Crippen molar-refractivity contribution in [3.8, 4) is 5.75 Å². The second-order valence-corrected chi connectivity index (χ2v) is 4.29. The van der Waals surface area contributed by atoms with Crippen molar-refractivity contribution < 1.29 is 18.3 Å². The summed E-state index contributed by atoms with van der Waals surface area (Å²) in [5.74, 6) is 0.218. The van der Waals surface area contributed by atoms with E-state index in [0.29, 0.717) is 12.6 Å². The van der Waals surface area contributed by atoms with Gasteiger partial charge < -0.3 is 14.8 Å². The largest absolute Gasteiger partial charge is 0.435 e. The highest BCUT2D eigenvalue weighted by Gasteiger charge is 2.12. The standard InChI is InChI=1S/C13H17F2NO2/c14-13(15)18-12-3-1-2-10(8-12)4-5-11-9-17-7-6-16-11/h1-3,8,11,13,16H,4-7,9H2. The fraction of sp³-hybridized carbons (Fsp3) is 0.538. The van der Waals surface area contributed by atoms with Gasteiger partial charge in [0.25, 0.3) is 0 Å². The lowest BCUT2D eigenvalue weighted by molar-refractivity contribution is -0.0498. The molecule has 0 amide bonds. The lowest BCUT2D eigenvalue weighted by atomic mass is 10.0. The fourth-order valence-corrected chi connectivity index (χ4v) is 2.02. The first kappa shape index (κ1) is 13.2. The van der Waals surface area contributed by atoms with Gasteiger partial charge in [-0.15, -0.1) is 0 Å². The summed E-state index contributed by atoms with van der Waals surface area (Å²) in [6.45, 7) is -0.422. The summed E-state index contributed by atoms with van der Waals surface area (Å²) in [5, 5.41) is 3.36. The molecule has 0 saturated carbocycles. The second kappa shape index (κ2) is 6.66. The van der Waals surface area contributed by atoms with Gasteiger partial charge in [-0.2, -0.15) is 8.78 Å². The first-order valence-corrected chi connectivity index (χ1v) is 6.09. The predicted molar refractivity (Wildman–Crippen MR) is 64.0 cm³/mol. The van der Waals surface area contributed by atoms with Gasteiger partial charge in [0.05, 0.1) is 13.2 Å². The van der Waals surface area contributed by atoms with E-state index >= 15 is 0 Å². The Balaban J connectivity index is 1.84. The van der Waals surface area contributed by atoms with E-state index in [4.69, 9.17) is 4.74 Å². The van der Waals surface area contributed by atoms with Crippen molar-refractivity contribution in [2.45, 2.75) is 25.5 Å². The average Bonchev–Trinajstić information content (AvgIpc) is 2.37. The number of nitrogens with one attached hydrogen (secondary N) is 1. The van der Waals surface area contributed by atoms with Crippen molar-refractivity contribution in [3.63, 3.8) is 0 Å². The zero-order valence-corrected chi connectivity index (χ0v) is 10.1. The summed E-state index contributed by atoms with van der Waals surface area (Å²) < 4.78 is 33.9. The molecule has 1 unspecified atom stereocenters. The maximum Gasteiger partial charge on any atom is 0.387 e. The van der Waals surface area contributed by atoms with Crippen molar-refractivity contribution in [2.75, 3.05) is 19.8 Å². The van der Waals surface area contributed by atoms with Crippen LogP contribution < -0.4 is 10.1 Å². The Hall–Kier alpha value is -1.20. The number of aryl methyl sites for hydroxylation is 1. The Kier molecular flexibility index (Phi) is 4.90. The Bertz CT molecular complexity index is 368. The summed E-state index contributed by atoms with van der Waals surface area (Å²) in [6.07, 6.45) is 1.75. The molecule has 0 aliphatic carbocycles. The molecule has 1 saturated heterocycles. The topological polar surface area (TPSA) is 30.5 Å². The number of hydrogen-bond acceptors (Lipinski definition) is 3. The number of benzene rings is 1. The number of alkyl halides is 2. The number of ether oxygens (including phenoxy) is 2. The number of rotatable bonds is 5. The van der Waals surface area contributed by atoms with Gasteiger partial charge in [0, 0.05) is 12.6 Å². The predicted octanol–water partition coefficient (Wildman–Crippen LogP) is 2.21. The van der Waals surface area contributed by atoms with Gasteiger partial charge in [-0.1, -0.05) is 12.1 Å². The van der Waals surface area contributed by atoms with Gasteiger partial charge in [0.1, 0.15) is 5.75 Å². The van der Waals surface area contributed by atoms with Crippen molar-refractivity contribution in [2.24, 2.45) is 0 Å². The Morgan fingerprint density at radius 3 is 3.06 bits per heavy atom. The molecule has 1 aromatic rings. The van der Waals surface area contributed by atoms with Crippen LogP contribution in [0.25, 0.3) is 0 Å². The average molecular weight is 257 g/mol. The minimum absolute atomic E-state index is 0.218. The van der Waals surface area contributed by atoms with Gasteiger partial charge in [-0.25, -0.2) is 0 Å². The van der Waals surface area contributed by atoms with E-state index in [-0.39, 0.29) is 5.75 Å². The lowest BCUT2D eigenvalue weighted by Crippen LogP contribution is -2.41. The van der Waals surface area contributed by atoms with Gasteiger partial charge in [0.15, 0.2) is 0 Å². The van der Waals surface area contributed by atoms with E-state index < -0.39 is 6.61 Å². The summed E-state index contributed by atoms with van der Waals surface area (Å²) in [6, 6.07) is 7.20. The van der Waals surface area contributed by atoms with E-state index in [1.807, 2.05) is 6.07 Å². The molecule has 2 rings (SSSR count). The summed E-state index contributed by atoms with van der Waals surface area (Å²) >= 11 is 0. The van der Waals surface area contributed by atoms with Gasteiger partial charge >= 0.3 is 6.61 Å². The minimum Gasteiger partial charge on any atom is -0.435 e. The Labute approximate surface area is 105 Å². The molecule has 3 nitrogen and oxygen atoms in total. The van der Waals surface area contributed by atoms with Crippen LogP contribution in [0.15, 0.2) is 24.3 Å². The van der Waals surface area contributed by atoms with Gasteiger partial charge in [0.2, 0.25) is 0 Å². The maximum atomic E-state index is 12.1. The molecule has 5 heteroatoms. The smallest absolute Gasteiger partial charge is 0.387 e. The first-order valence-electron chi connectivity index (χ1n) is 6.09. The molecule has 0 aromatic heterocycles. The van der Waals surface area contributed by atoms with E-state index in [2.05, 4.69) is 10.1 Å². The normalized spacial score (nSPS) is 20.1. The molecule has 1 N–H and O–H groups in total. The molecule has 1 aliphatic heterocycles. The van der Waals surface area contributed by atoms with E-state index in [1.54, 1.807) is 12.1 Å². The molecule has 1 fully saturated rings. The molecule has 0 spiro atoms. The molecule has 1 atom stereocenters. The molecular formula is C13H17F2NO2. The molecule has 0 radical (unpaired) electrons. The monoisotopic (exact) mass is 257 g/mol. The third-order valence-electron chi connectivity index (χ3n) is 2.90. The molecule has 1 aromatic carbocycles. The molecule has 18 heavy (non-hydrogen) atoms. The van der Waals surface area contributed by atoms with E-state index in [9.17, 15) is 8.78 Å². The third kappa shape index (κ3) is 4.23. The minimum atomic E-state index is -2.77. The van der Waals surface area contributed by atoms with Crippen LogP contribution in [0.1, 0.15) is 12.0 Å². The van der Waals surface area contributed by atoms with Crippen LogP contribution in [0.5, 0.6) is 5.75 Å². The zero-order chi connectivity index (χ0) is 12.8. The number of halogens is 2. The van der Waals surface area contributed by atoms with Crippen molar-refractivity contribution in [1.29, 1.82) is 0 Å². The SMILES string of the molecule is FC(F)Oc1cccc(CCC2COCCN2)c1. The summed E-state index contributed by atoms with van der Waals surface area (Å²) in [4.78, 5) is 0. The molecule has 1 heterocycles. The van der Waals surface area contributed by atoms with E-state index in [0.717, 1.165) is 31.6 Å². The quantitative estimate of drug-likeness (QED) is 0.877. The molecule has 1 aliphatic rings. The summed E-state index contributed by atoms with van der Waals surface area (Å²) in [5.41, 5.74) is 1.00. The highest BCUT2D eigenvalue weighted by molar-refractivity contribution is 5.28. The second-order valence-electron chi connectivity index (χ2n) is 4.29. The fourth-order valence-electron chi connectivity index (χ4n) is 2.02. The van der Waals surface area contributed by atoms with Crippen LogP contribution in [-0.2, 0) is 11.2 Å². The van der Waals surface area contributed by atoms with Crippen LogP contribution in [-0.4, -0.2) is 32.4 Å². The van der Waals surface area contributed by atoms with Crippen LogP contribution in [0.2, 0.25) is 0 Å². The van der Waals surface area contributed by atoms with Crippen molar-refractivity contribution >= 4 is 0 Å². The number of hydrogen-bond donors (Lipinski definition) is 1. The van der Waals surface area contributed by atoms with Crippen LogP contribution >= 0.6 is 0 Å². The maximum absolute atomic E-state index is 12.1. The molecule has 100 valence electrons. The summed E-state index contributed by atoms with van der Waals surface area (Å²) in [7, 11) is 0. The van der Waals surface area contributed by atoms with Gasteiger partial charge in [-0.3, -0.25) is 0 Å². The van der Waals surface area contributed by atoms with Crippen LogP contribution in [0, 0.1) is 0 Å². The molecule has 0 bridgehead atoms. The van der Waals surface area contributed by atoms with Crippen LogP contribution in [0.3, 0.4) is 0 Å². The van der Waals surface area contributed by atoms with Crippen LogP contribution in [0.4, 0.5) is 8.78 Å². The highest BCUT2D eigenvalue weighted by atomic mass is 19.3. The number of morpholine rings is 1. The zero-order valence-electron chi connectivity index (χ0n) is 10.1. The Morgan fingerprint density at radius 2 is 2.33 bits per heavy atom. The van der Waals surface area contributed by atoms with Crippen molar-refractivity contribution in [3.05, 3.63) is 29.8 Å². The van der Waals surface area contributed by atoms with Gasteiger partial charge in [-0.05, 0) is 30.5 Å². The first-order chi connectivity index (χ1) is 8.74. The lowest BCUT2D eigenvalue weighted by Gasteiger charge is -2.23. The van der Waals surface area contributed by atoms with E-state index in [1.165, 1.54) is 6.07 Å². The van der Waals surface area contributed by atoms with Crippen molar-refractivity contribution in [1.82, 2.24) is 5.32 Å². The third-order valence-corrected chi connectivity index (χ3v) is 2.90. The Morgan fingerprint density at radius 1 is 1.44 bits per heavy atom. The molecular weight excluding hydrogens is 240 g/mol.